The van der Waals surface area contributed by atoms with Gasteiger partial charge in [-0.3, -0.25) is 19.6 Å². The van der Waals surface area contributed by atoms with Crippen LogP contribution in [0.25, 0.3) is 11.1 Å². The molecule has 35 heavy (non-hydrogen) atoms. The van der Waals surface area contributed by atoms with Gasteiger partial charge in [0.15, 0.2) is 0 Å². The molecule has 0 heterocycles. The number of hydrogen-bond acceptors (Lipinski definition) is 6. The van der Waals surface area contributed by atoms with E-state index in [9.17, 15) is 18.0 Å². The summed E-state index contributed by atoms with van der Waals surface area (Å²) in [6, 6.07) is 22.5. The number of esters is 1. The van der Waals surface area contributed by atoms with Crippen LogP contribution in [0, 0.1) is 0 Å². The Bertz CT molecular complexity index is 1260. The van der Waals surface area contributed by atoms with Crippen molar-refractivity contribution in [3.8, 4) is 11.1 Å². The summed E-state index contributed by atoms with van der Waals surface area (Å²) in [4.78, 5) is 25.2. The van der Waals surface area contributed by atoms with E-state index in [2.05, 4.69) is 5.32 Å². The minimum atomic E-state index is -3.73. The lowest BCUT2D eigenvalue weighted by Crippen LogP contribution is -2.51. The van der Waals surface area contributed by atoms with Crippen molar-refractivity contribution < 1.29 is 22.7 Å². The molecule has 184 valence electrons. The highest BCUT2D eigenvalue weighted by atomic mass is 35.5. The lowest BCUT2D eigenvalue weighted by molar-refractivity contribution is -0.147. The summed E-state index contributed by atoms with van der Waals surface area (Å²) in [6.07, 6.45) is 1.13. The smallest absolute Gasteiger partial charge is 0.323 e. The van der Waals surface area contributed by atoms with E-state index >= 15 is 0 Å². The second kappa shape index (κ2) is 12.0. The second-order valence-corrected chi connectivity index (χ2v) is 10.4. The van der Waals surface area contributed by atoms with E-state index in [1.807, 2.05) is 77.5 Å². The van der Waals surface area contributed by atoms with Crippen LogP contribution >= 0.6 is 11.6 Å². The molecule has 7 nitrogen and oxygen atoms in total. The first-order valence-corrected chi connectivity index (χ1v) is 13.2. The number of sulfonamides is 1. The highest BCUT2D eigenvalue weighted by Crippen LogP contribution is 2.23. The van der Waals surface area contributed by atoms with E-state index in [1.54, 1.807) is 6.07 Å². The van der Waals surface area contributed by atoms with Crippen LogP contribution in [0.5, 0.6) is 0 Å². The van der Waals surface area contributed by atoms with Gasteiger partial charge in [0.1, 0.15) is 12.6 Å². The van der Waals surface area contributed by atoms with E-state index in [4.69, 9.17) is 16.3 Å². The van der Waals surface area contributed by atoms with E-state index in [-0.39, 0.29) is 13.0 Å². The lowest BCUT2D eigenvalue weighted by atomic mass is 10.00. The van der Waals surface area contributed by atoms with Crippen LogP contribution in [0.3, 0.4) is 0 Å². The predicted molar refractivity (Wildman–Crippen MR) is 136 cm³/mol. The molecule has 2 atom stereocenters. The van der Waals surface area contributed by atoms with Gasteiger partial charge in [0.25, 0.3) is 0 Å². The number of halogens is 1. The monoisotopic (exact) mass is 514 g/mol. The minimum Gasteiger partial charge on any atom is -0.460 e. The zero-order valence-corrected chi connectivity index (χ0v) is 21.0. The van der Waals surface area contributed by atoms with Gasteiger partial charge in [0, 0.05) is 5.02 Å². The first-order chi connectivity index (χ1) is 16.6. The van der Waals surface area contributed by atoms with E-state index < -0.39 is 34.0 Å². The number of ether oxygens (including phenoxy) is 1. The summed E-state index contributed by atoms with van der Waals surface area (Å²) >= 11 is 6.09. The third kappa shape index (κ3) is 8.51. The highest BCUT2D eigenvalue weighted by Gasteiger charge is 2.26. The van der Waals surface area contributed by atoms with Gasteiger partial charge in [-0.1, -0.05) is 78.3 Å². The fourth-order valence-corrected chi connectivity index (χ4v) is 4.16. The van der Waals surface area contributed by atoms with Gasteiger partial charge in [-0.15, -0.1) is 0 Å². The molecule has 0 bridgehead atoms. The van der Waals surface area contributed by atoms with Crippen molar-refractivity contribution in [1.29, 1.82) is 0 Å². The Morgan fingerprint density at radius 1 is 0.914 bits per heavy atom. The average Bonchev–Trinajstić information content (AvgIpc) is 2.82. The topological polar surface area (TPSA) is 102 Å². The van der Waals surface area contributed by atoms with Crippen LogP contribution in [0.15, 0.2) is 78.9 Å². The molecule has 0 aromatic heterocycles. The van der Waals surface area contributed by atoms with Gasteiger partial charge < -0.3 is 4.74 Å². The van der Waals surface area contributed by atoms with Crippen molar-refractivity contribution in [3.05, 3.63) is 95.0 Å². The Kier molecular flexibility index (Phi) is 9.03. The standard InChI is InChI=1S/C26H27ClN2O5S/c1-18(25(30)29-35(2,32)33)28-24(26(31)34-17-20-7-4-3-5-8-20)15-19-11-13-21(14-12-19)22-9-6-10-23(27)16-22/h3-14,16,18,24,28H,15,17H2,1-2H3,(H,29,30)/t18-,24-/m0/s1. The van der Waals surface area contributed by atoms with Crippen LogP contribution < -0.4 is 10.0 Å². The van der Waals surface area contributed by atoms with Gasteiger partial charge >= 0.3 is 5.97 Å². The molecule has 3 aromatic rings. The number of rotatable bonds is 10. The number of nitrogens with one attached hydrogen (secondary N) is 2. The maximum absolute atomic E-state index is 12.9. The fraction of sp³-hybridized carbons (Fsp3) is 0.231. The van der Waals surface area contributed by atoms with Gasteiger partial charge in [-0.05, 0) is 47.7 Å². The Morgan fingerprint density at radius 3 is 2.23 bits per heavy atom. The summed E-state index contributed by atoms with van der Waals surface area (Å²) in [7, 11) is -3.73. The zero-order valence-electron chi connectivity index (χ0n) is 19.4. The maximum atomic E-state index is 12.9. The van der Waals surface area contributed by atoms with E-state index in [0.717, 1.165) is 28.5 Å². The van der Waals surface area contributed by atoms with Crippen LogP contribution in [-0.4, -0.2) is 38.6 Å². The number of hydrogen-bond donors (Lipinski definition) is 2. The third-order valence-corrected chi connectivity index (χ3v) is 6.00. The molecule has 0 aliphatic heterocycles. The van der Waals surface area contributed by atoms with Crippen LogP contribution in [-0.2, 0) is 37.4 Å². The first-order valence-electron chi connectivity index (χ1n) is 10.9. The molecule has 1 amide bonds. The van der Waals surface area contributed by atoms with E-state index in [1.165, 1.54) is 6.92 Å². The molecule has 0 saturated heterocycles. The van der Waals surface area contributed by atoms with Gasteiger partial charge in [-0.2, -0.15) is 0 Å². The summed E-state index contributed by atoms with van der Waals surface area (Å²) in [6.45, 7) is 1.57. The van der Waals surface area contributed by atoms with Crippen molar-refractivity contribution in [2.75, 3.05) is 6.26 Å². The Labute approximate surface area is 210 Å². The van der Waals surface area contributed by atoms with Gasteiger partial charge in [0.05, 0.1) is 12.3 Å². The predicted octanol–water partition coefficient (Wildman–Crippen LogP) is 3.72. The Morgan fingerprint density at radius 2 is 1.60 bits per heavy atom. The Hall–Kier alpha value is -3.20. The highest BCUT2D eigenvalue weighted by molar-refractivity contribution is 7.89. The van der Waals surface area contributed by atoms with Crippen LogP contribution in [0.4, 0.5) is 0 Å². The number of carbonyl (C=O) groups is 2. The summed E-state index contributed by atoms with van der Waals surface area (Å²) in [5.74, 6) is -1.31. The van der Waals surface area contributed by atoms with Gasteiger partial charge in [0.2, 0.25) is 15.9 Å². The van der Waals surface area contributed by atoms with Crippen molar-refractivity contribution in [2.24, 2.45) is 0 Å². The van der Waals surface area contributed by atoms with Crippen molar-refractivity contribution in [1.82, 2.24) is 10.0 Å². The zero-order chi connectivity index (χ0) is 25.4. The lowest BCUT2D eigenvalue weighted by Gasteiger charge is -2.22. The summed E-state index contributed by atoms with van der Waals surface area (Å²) in [5, 5.41) is 3.55. The first kappa shape index (κ1) is 26.4. The minimum absolute atomic E-state index is 0.0788. The maximum Gasteiger partial charge on any atom is 0.323 e. The molecule has 0 unspecified atom stereocenters. The molecule has 9 heteroatoms. The number of amides is 1. The molecular weight excluding hydrogens is 488 g/mol. The molecular formula is C26H27ClN2O5S. The molecule has 3 rings (SSSR count). The third-order valence-electron chi connectivity index (χ3n) is 5.19. The molecule has 0 aliphatic rings. The quantitative estimate of drug-likeness (QED) is 0.400. The van der Waals surface area contributed by atoms with Crippen molar-refractivity contribution >= 4 is 33.5 Å². The summed E-state index contributed by atoms with van der Waals surface area (Å²) in [5.41, 5.74) is 3.59. The fourth-order valence-electron chi connectivity index (χ4n) is 3.43. The molecule has 0 aliphatic carbocycles. The molecule has 3 aromatic carbocycles. The SMILES string of the molecule is C[C@H](N[C@@H](Cc1ccc(-c2cccc(Cl)c2)cc1)C(=O)OCc1ccccc1)C(=O)NS(C)(=O)=O. The number of carbonyl (C=O) groups excluding carboxylic acids is 2. The number of benzene rings is 3. The molecule has 0 radical (unpaired) electrons. The molecule has 0 fully saturated rings. The molecule has 2 N–H and O–H groups in total. The Balaban J connectivity index is 1.74. The molecule has 0 spiro atoms. The largest absolute Gasteiger partial charge is 0.460 e. The molecule has 0 saturated carbocycles. The average molecular weight is 515 g/mol. The van der Waals surface area contributed by atoms with Crippen molar-refractivity contribution in [3.63, 3.8) is 0 Å². The van der Waals surface area contributed by atoms with E-state index in [0.29, 0.717) is 5.02 Å². The van der Waals surface area contributed by atoms with Crippen LogP contribution in [0.2, 0.25) is 5.02 Å². The van der Waals surface area contributed by atoms with Gasteiger partial charge in [-0.25, -0.2) is 8.42 Å². The van der Waals surface area contributed by atoms with Crippen molar-refractivity contribution in [2.45, 2.75) is 32.0 Å². The normalized spacial score (nSPS) is 13.0. The second-order valence-electron chi connectivity index (χ2n) is 8.18. The summed E-state index contributed by atoms with van der Waals surface area (Å²) < 4.78 is 30.3. The van der Waals surface area contributed by atoms with Crippen LogP contribution in [0.1, 0.15) is 18.1 Å².